The number of carbonyl (C=O) groups excluding carboxylic acids is 1. The molecule has 2 aromatic carbocycles. The summed E-state index contributed by atoms with van der Waals surface area (Å²) in [4.78, 5) is 30.2. The van der Waals surface area contributed by atoms with Crippen LogP contribution in [-0.4, -0.2) is 22.1 Å². The third kappa shape index (κ3) is 3.99. The standard InChI is InChI=1S/C24H23ClN4O3/c1-4-32-23(30)19-14(2)20-21(27-17-12-10-16(25)11-13-17)28-24(31)29(22(20)26-15(19)3)18-8-6-5-7-9-18/h5-14,26H,4H2,1-3H3,(H,27,28,31). The molecule has 0 radical (unpaired) electrons. The zero-order valence-corrected chi connectivity index (χ0v) is 18.7. The van der Waals surface area contributed by atoms with Gasteiger partial charge in [0.05, 0.1) is 17.9 Å². The van der Waals surface area contributed by atoms with Crippen LogP contribution in [0.5, 0.6) is 0 Å². The second-order valence-electron chi connectivity index (χ2n) is 7.41. The smallest absolute Gasteiger partial charge is 0.355 e. The summed E-state index contributed by atoms with van der Waals surface area (Å²) >= 11 is 6.00. The average Bonchev–Trinajstić information content (AvgIpc) is 2.76. The fourth-order valence-corrected chi connectivity index (χ4v) is 4.03. The van der Waals surface area contributed by atoms with E-state index in [2.05, 4.69) is 15.6 Å². The summed E-state index contributed by atoms with van der Waals surface area (Å²) < 4.78 is 6.80. The Bertz CT molecular complexity index is 1250. The predicted octanol–water partition coefficient (Wildman–Crippen LogP) is 5.00. The first-order valence-electron chi connectivity index (χ1n) is 10.3. The quantitative estimate of drug-likeness (QED) is 0.532. The van der Waals surface area contributed by atoms with E-state index in [9.17, 15) is 9.59 Å². The van der Waals surface area contributed by atoms with E-state index in [0.29, 0.717) is 39.2 Å². The lowest BCUT2D eigenvalue weighted by atomic mass is 9.88. The van der Waals surface area contributed by atoms with E-state index in [1.165, 1.54) is 4.57 Å². The lowest BCUT2D eigenvalue weighted by Crippen LogP contribution is -2.32. The SMILES string of the molecule is CCOC(=O)C1=C(C)Nc2c(c(Nc3ccc(Cl)cc3)nc(=O)n2-c2ccccc2)C1C. The molecule has 3 aromatic rings. The van der Waals surface area contributed by atoms with Crippen LogP contribution in [0.2, 0.25) is 5.02 Å². The number of allylic oxidation sites excluding steroid dienone is 1. The van der Waals surface area contributed by atoms with Gasteiger partial charge in [-0.1, -0.05) is 36.7 Å². The van der Waals surface area contributed by atoms with E-state index in [4.69, 9.17) is 16.3 Å². The highest BCUT2D eigenvalue weighted by atomic mass is 35.5. The van der Waals surface area contributed by atoms with E-state index in [1.807, 2.05) is 37.3 Å². The molecule has 0 amide bonds. The van der Waals surface area contributed by atoms with Crippen LogP contribution in [0.15, 0.2) is 70.7 Å². The summed E-state index contributed by atoms with van der Waals surface area (Å²) in [5.41, 5.74) is 2.77. The van der Waals surface area contributed by atoms with Gasteiger partial charge in [-0.15, -0.1) is 0 Å². The van der Waals surface area contributed by atoms with E-state index in [-0.39, 0.29) is 12.5 Å². The van der Waals surface area contributed by atoms with Gasteiger partial charge in [-0.25, -0.2) is 14.2 Å². The Hall–Kier alpha value is -3.58. The van der Waals surface area contributed by atoms with Crippen molar-refractivity contribution in [3.63, 3.8) is 0 Å². The minimum atomic E-state index is -0.446. The van der Waals surface area contributed by atoms with Gasteiger partial charge in [-0.2, -0.15) is 4.98 Å². The summed E-state index contributed by atoms with van der Waals surface area (Å²) in [5.74, 6) is 0.160. The van der Waals surface area contributed by atoms with Crippen molar-refractivity contribution in [3.8, 4) is 5.69 Å². The maximum absolute atomic E-state index is 13.1. The number of nitrogens with zero attached hydrogens (tertiary/aromatic N) is 2. The molecule has 0 aliphatic carbocycles. The monoisotopic (exact) mass is 450 g/mol. The van der Waals surface area contributed by atoms with Crippen LogP contribution < -0.4 is 16.3 Å². The average molecular weight is 451 g/mol. The number of esters is 1. The number of anilines is 3. The molecule has 2 N–H and O–H groups in total. The number of hydrogen-bond donors (Lipinski definition) is 2. The minimum Gasteiger partial charge on any atom is -0.463 e. The Kier molecular flexibility index (Phi) is 6.01. The number of carbonyl (C=O) groups is 1. The van der Waals surface area contributed by atoms with Crippen molar-refractivity contribution in [3.05, 3.63) is 86.9 Å². The highest BCUT2D eigenvalue weighted by Gasteiger charge is 2.34. The molecular formula is C24H23ClN4O3. The molecule has 1 atom stereocenters. The van der Waals surface area contributed by atoms with Gasteiger partial charge in [-0.05, 0) is 50.2 Å². The summed E-state index contributed by atoms with van der Waals surface area (Å²) in [6, 6.07) is 16.4. The molecular weight excluding hydrogens is 428 g/mol. The first-order chi connectivity index (χ1) is 15.4. The van der Waals surface area contributed by atoms with Crippen molar-refractivity contribution in [2.45, 2.75) is 26.7 Å². The van der Waals surface area contributed by atoms with E-state index in [1.54, 1.807) is 38.1 Å². The predicted molar refractivity (Wildman–Crippen MR) is 126 cm³/mol. The Morgan fingerprint density at radius 2 is 1.88 bits per heavy atom. The van der Waals surface area contributed by atoms with Crippen LogP contribution in [0, 0.1) is 0 Å². The molecule has 0 bridgehead atoms. The first kappa shape index (κ1) is 21.6. The van der Waals surface area contributed by atoms with Crippen LogP contribution in [0.1, 0.15) is 32.3 Å². The maximum Gasteiger partial charge on any atom is 0.355 e. The molecule has 1 aliphatic heterocycles. The second kappa shape index (κ2) is 8.88. The molecule has 8 heteroatoms. The minimum absolute atomic E-state index is 0.271. The number of ether oxygens (including phenoxy) is 1. The highest BCUT2D eigenvalue weighted by molar-refractivity contribution is 6.30. The molecule has 0 fully saturated rings. The van der Waals surface area contributed by atoms with Crippen LogP contribution in [-0.2, 0) is 9.53 Å². The molecule has 164 valence electrons. The van der Waals surface area contributed by atoms with Crippen molar-refractivity contribution in [1.82, 2.24) is 9.55 Å². The first-order valence-corrected chi connectivity index (χ1v) is 10.7. The number of halogens is 1. The van der Waals surface area contributed by atoms with Crippen LogP contribution in [0.4, 0.5) is 17.3 Å². The van der Waals surface area contributed by atoms with E-state index < -0.39 is 11.7 Å². The van der Waals surface area contributed by atoms with Gasteiger partial charge >= 0.3 is 11.7 Å². The number of fused-ring (bicyclic) bond motifs is 1. The largest absolute Gasteiger partial charge is 0.463 e. The van der Waals surface area contributed by atoms with Gasteiger partial charge in [-0.3, -0.25) is 0 Å². The highest BCUT2D eigenvalue weighted by Crippen LogP contribution is 2.41. The van der Waals surface area contributed by atoms with Gasteiger partial charge in [0.1, 0.15) is 11.6 Å². The normalized spacial score (nSPS) is 15.1. The topological polar surface area (TPSA) is 85.2 Å². The number of rotatable bonds is 5. The molecule has 32 heavy (non-hydrogen) atoms. The Morgan fingerprint density at radius 1 is 1.19 bits per heavy atom. The molecule has 1 aromatic heterocycles. The number of nitrogens with one attached hydrogen (secondary N) is 2. The van der Waals surface area contributed by atoms with Crippen LogP contribution in [0.3, 0.4) is 0 Å². The lowest BCUT2D eigenvalue weighted by Gasteiger charge is -2.30. The molecule has 0 saturated heterocycles. The van der Waals surface area contributed by atoms with Crippen LogP contribution >= 0.6 is 11.6 Å². The van der Waals surface area contributed by atoms with Crippen LogP contribution in [0.25, 0.3) is 5.69 Å². The number of hydrogen-bond acceptors (Lipinski definition) is 6. The Balaban J connectivity index is 1.92. The molecule has 1 unspecified atom stereocenters. The molecule has 2 heterocycles. The number of aromatic nitrogens is 2. The fraction of sp³-hybridized carbons (Fsp3) is 0.208. The van der Waals surface area contributed by atoms with Crippen molar-refractivity contribution in [2.24, 2.45) is 0 Å². The summed E-state index contributed by atoms with van der Waals surface area (Å²) in [7, 11) is 0. The van der Waals surface area contributed by atoms with Crippen molar-refractivity contribution >= 4 is 34.9 Å². The summed E-state index contributed by atoms with van der Waals surface area (Å²) in [6.07, 6.45) is 0. The fourth-order valence-electron chi connectivity index (χ4n) is 3.90. The van der Waals surface area contributed by atoms with Crippen molar-refractivity contribution in [2.75, 3.05) is 17.2 Å². The molecule has 0 spiro atoms. The molecule has 0 saturated carbocycles. The third-order valence-corrected chi connectivity index (χ3v) is 5.58. The summed E-state index contributed by atoms with van der Waals surface area (Å²) in [5, 5.41) is 7.08. The van der Waals surface area contributed by atoms with E-state index >= 15 is 0 Å². The molecule has 1 aliphatic rings. The van der Waals surface area contributed by atoms with Gasteiger partial charge in [0.25, 0.3) is 0 Å². The van der Waals surface area contributed by atoms with Gasteiger partial charge in [0, 0.05) is 27.9 Å². The summed E-state index contributed by atoms with van der Waals surface area (Å²) in [6.45, 7) is 5.75. The third-order valence-electron chi connectivity index (χ3n) is 5.33. The second-order valence-corrected chi connectivity index (χ2v) is 7.85. The zero-order chi connectivity index (χ0) is 22.8. The maximum atomic E-state index is 13.1. The van der Waals surface area contributed by atoms with Gasteiger partial charge in [0.2, 0.25) is 0 Å². The van der Waals surface area contributed by atoms with Gasteiger partial charge < -0.3 is 15.4 Å². The Labute approximate surface area is 190 Å². The Morgan fingerprint density at radius 3 is 2.53 bits per heavy atom. The zero-order valence-electron chi connectivity index (χ0n) is 18.0. The van der Waals surface area contributed by atoms with Gasteiger partial charge in [0.15, 0.2) is 0 Å². The number of para-hydroxylation sites is 1. The van der Waals surface area contributed by atoms with Crippen molar-refractivity contribution < 1.29 is 9.53 Å². The van der Waals surface area contributed by atoms with Crippen molar-refractivity contribution in [1.29, 1.82) is 0 Å². The molecule has 7 nitrogen and oxygen atoms in total. The van der Waals surface area contributed by atoms with E-state index in [0.717, 1.165) is 5.69 Å². The number of benzene rings is 2. The lowest BCUT2D eigenvalue weighted by molar-refractivity contribution is -0.138. The molecule has 4 rings (SSSR count).